The van der Waals surface area contributed by atoms with E-state index in [4.69, 9.17) is 9.84 Å². The quantitative estimate of drug-likeness (QED) is 0.587. The van der Waals surface area contributed by atoms with Crippen LogP contribution in [0.4, 0.5) is 4.79 Å². The molecule has 0 aromatic heterocycles. The number of benzene rings is 1. The van der Waals surface area contributed by atoms with Crippen molar-refractivity contribution >= 4 is 27.8 Å². The van der Waals surface area contributed by atoms with Crippen LogP contribution >= 0.6 is 0 Å². The van der Waals surface area contributed by atoms with Crippen LogP contribution in [0.25, 0.3) is 0 Å². The van der Waals surface area contributed by atoms with E-state index in [1.807, 2.05) is 0 Å². The average molecular weight is 414 g/mol. The SMILES string of the molecule is CCS(=O)(=O)c1ccc(C(CC(=O)NCC(=O)O)NC(=O)OC(C)(C)C)cc1. The highest BCUT2D eigenvalue weighted by Crippen LogP contribution is 2.21. The molecule has 0 aliphatic rings. The van der Waals surface area contributed by atoms with Crippen LogP contribution in [-0.2, 0) is 24.2 Å². The number of rotatable bonds is 8. The van der Waals surface area contributed by atoms with Crippen LogP contribution in [0, 0.1) is 0 Å². The van der Waals surface area contributed by atoms with E-state index in [1.165, 1.54) is 31.2 Å². The summed E-state index contributed by atoms with van der Waals surface area (Å²) in [6.45, 7) is 6.04. The molecule has 0 radical (unpaired) electrons. The second-order valence-corrected chi connectivity index (χ2v) is 9.32. The van der Waals surface area contributed by atoms with Crippen molar-refractivity contribution in [2.24, 2.45) is 0 Å². The molecule has 1 rings (SSSR count). The molecule has 1 unspecified atom stereocenters. The maximum absolute atomic E-state index is 12.1. The number of alkyl carbamates (subject to hydrolysis) is 1. The average Bonchev–Trinajstić information content (AvgIpc) is 2.58. The highest BCUT2D eigenvalue weighted by atomic mass is 32.2. The van der Waals surface area contributed by atoms with Gasteiger partial charge in [0.25, 0.3) is 0 Å². The smallest absolute Gasteiger partial charge is 0.408 e. The third kappa shape index (κ3) is 7.95. The van der Waals surface area contributed by atoms with E-state index in [2.05, 4.69) is 10.6 Å². The maximum atomic E-state index is 12.1. The van der Waals surface area contributed by atoms with Crippen molar-refractivity contribution in [3.63, 3.8) is 0 Å². The summed E-state index contributed by atoms with van der Waals surface area (Å²) in [5.41, 5.74) is -0.273. The minimum Gasteiger partial charge on any atom is -0.480 e. The largest absolute Gasteiger partial charge is 0.480 e. The Balaban J connectivity index is 3.03. The van der Waals surface area contributed by atoms with Gasteiger partial charge in [0.15, 0.2) is 9.84 Å². The number of sulfone groups is 1. The fourth-order valence-electron chi connectivity index (χ4n) is 2.21. The zero-order valence-electron chi connectivity index (χ0n) is 16.3. The van der Waals surface area contributed by atoms with Gasteiger partial charge in [-0.3, -0.25) is 9.59 Å². The summed E-state index contributed by atoms with van der Waals surface area (Å²) in [5.74, 6) is -1.84. The van der Waals surface area contributed by atoms with Crippen molar-refractivity contribution in [1.29, 1.82) is 0 Å². The van der Waals surface area contributed by atoms with Gasteiger partial charge in [0.05, 0.1) is 23.1 Å². The van der Waals surface area contributed by atoms with Crippen LogP contribution in [0.1, 0.15) is 45.7 Å². The molecule has 1 aromatic rings. The van der Waals surface area contributed by atoms with Crippen LogP contribution in [0.15, 0.2) is 29.2 Å². The molecule has 9 nitrogen and oxygen atoms in total. The highest BCUT2D eigenvalue weighted by molar-refractivity contribution is 7.91. The number of aliphatic carboxylic acids is 1. The minimum atomic E-state index is -3.39. The van der Waals surface area contributed by atoms with Gasteiger partial charge in [-0.05, 0) is 38.5 Å². The van der Waals surface area contributed by atoms with Gasteiger partial charge in [0.1, 0.15) is 12.1 Å². The molecule has 1 atom stereocenters. The molecule has 0 spiro atoms. The molecule has 3 N–H and O–H groups in total. The standard InChI is InChI=1S/C18H26N2O7S/c1-5-28(25,26)13-8-6-12(7-9-13)14(10-15(21)19-11-16(22)23)20-17(24)27-18(2,3)4/h6-9,14H,5,10-11H2,1-4H3,(H,19,21)(H,20,24)(H,22,23). The van der Waals surface area contributed by atoms with Crippen molar-refractivity contribution in [2.75, 3.05) is 12.3 Å². The summed E-state index contributed by atoms with van der Waals surface area (Å²) >= 11 is 0. The van der Waals surface area contributed by atoms with E-state index >= 15 is 0 Å². The van der Waals surface area contributed by atoms with E-state index < -0.39 is 46.0 Å². The van der Waals surface area contributed by atoms with E-state index in [-0.39, 0.29) is 17.1 Å². The second kappa shape index (κ2) is 9.54. The fourth-order valence-corrected chi connectivity index (χ4v) is 3.09. The van der Waals surface area contributed by atoms with Gasteiger partial charge in [0.2, 0.25) is 5.91 Å². The van der Waals surface area contributed by atoms with E-state index in [9.17, 15) is 22.8 Å². The topological polar surface area (TPSA) is 139 Å². The molecule has 28 heavy (non-hydrogen) atoms. The zero-order valence-corrected chi connectivity index (χ0v) is 17.1. The van der Waals surface area contributed by atoms with E-state index in [0.29, 0.717) is 5.56 Å². The van der Waals surface area contributed by atoms with Gasteiger partial charge in [0, 0.05) is 0 Å². The Morgan fingerprint density at radius 3 is 2.18 bits per heavy atom. The number of carboxylic acids is 1. The Bertz CT molecular complexity index is 811. The van der Waals surface area contributed by atoms with Crippen LogP contribution in [0.3, 0.4) is 0 Å². The first-order valence-electron chi connectivity index (χ1n) is 8.65. The third-order valence-corrected chi connectivity index (χ3v) is 5.29. The summed E-state index contributed by atoms with van der Waals surface area (Å²) in [6.07, 6.45) is -0.999. The monoisotopic (exact) mass is 414 g/mol. The van der Waals surface area contributed by atoms with E-state index in [0.717, 1.165) is 0 Å². The molecule has 0 saturated heterocycles. The normalized spacial score (nSPS) is 12.7. The molecule has 0 heterocycles. The number of hydrogen-bond acceptors (Lipinski definition) is 6. The Morgan fingerprint density at radius 1 is 1.14 bits per heavy atom. The van der Waals surface area contributed by atoms with Crippen molar-refractivity contribution in [1.82, 2.24) is 10.6 Å². The summed E-state index contributed by atoms with van der Waals surface area (Å²) in [5, 5.41) is 13.4. The van der Waals surface area contributed by atoms with Gasteiger partial charge >= 0.3 is 12.1 Å². The van der Waals surface area contributed by atoms with Gasteiger partial charge in [-0.25, -0.2) is 13.2 Å². The lowest BCUT2D eigenvalue weighted by molar-refractivity contribution is -0.138. The lowest BCUT2D eigenvalue weighted by Gasteiger charge is -2.24. The Labute approximate surface area is 164 Å². The number of carbonyl (C=O) groups is 3. The Hall–Kier alpha value is -2.62. The van der Waals surface area contributed by atoms with Crippen LogP contribution < -0.4 is 10.6 Å². The minimum absolute atomic E-state index is 0.0521. The summed E-state index contributed by atoms with van der Waals surface area (Å²) < 4.78 is 29.1. The molecule has 10 heteroatoms. The zero-order chi connectivity index (χ0) is 21.5. The predicted octanol–water partition coefficient (Wildman–Crippen LogP) is 1.64. The van der Waals surface area contributed by atoms with Crippen molar-refractivity contribution in [3.8, 4) is 0 Å². The molecule has 2 amide bonds. The first kappa shape index (κ1) is 23.4. The summed E-state index contributed by atoms with van der Waals surface area (Å²) in [7, 11) is -3.39. The first-order valence-corrected chi connectivity index (χ1v) is 10.3. The van der Waals surface area contributed by atoms with Gasteiger partial charge in [-0.15, -0.1) is 0 Å². The fraction of sp³-hybridized carbons (Fsp3) is 0.500. The van der Waals surface area contributed by atoms with Gasteiger partial charge < -0.3 is 20.5 Å². The molecular weight excluding hydrogens is 388 g/mol. The van der Waals surface area contributed by atoms with Crippen molar-refractivity contribution in [2.45, 2.75) is 50.7 Å². The molecule has 0 bridgehead atoms. The number of amides is 2. The van der Waals surface area contributed by atoms with Crippen molar-refractivity contribution in [3.05, 3.63) is 29.8 Å². The van der Waals surface area contributed by atoms with Crippen LogP contribution in [0.2, 0.25) is 0 Å². The van der Waals surface area contributed by atoms with Gasteiger partial charge in [-0.1, -0.05) is 19.1 Å². The molecular formula is C18H26N2O7S. The van der Waals surface area contributed by atoms with Gasteiger partial charge in [-0.2, -0.15) is 0 Å². The molecule has 0 saturated carbocycles. The first-order chi connectivity index (χ1) is 12.8. The lowest BCUT2D eigenvalue weighted by Crippen LogP contribution is -2.38. The predicted molar refractivity (Wildman–Crippen MR) is 102 cm³/mol. The van der Waals surface area contributed by atoms with Crippen LogP contribution in [-0.4, -0.2) is 49.4 Å². The number of nitrogens with one attached hydrogen (secondary N) is 2. The highest BCUT2D eigenvalue weighted by Gasteiger charge is 2.23. The third-order valence-electron chi connectivity index (χ3n) is 3.54. The molecule has 0 aliphatic heterocycles. The summed E-state index contributed by atoms with van der Waals surface area (Å²) in [6, 6.07) is 4.95. The molecule has 0 aliphatic carbocycles. The molecule has 1 aromatic carbocycles. The Kier molecular flexibility index (Phi) is 7.98. The summed E-state index contributed by atoms with van der Waals surface area (Å²) in [4.78, 5) is 34.8. The number of carboxylic acid groups (broad SMARTS) is 1. The lowest BCUT2D eigenvalue weighted by atomic mass is 10.0. The van der Waals surface area contributed by atoms with Crippen molar-refractivity contribution < 1.29 is 32.6 Å². The maximum Gasteiger partial charge on any atom is 0.408 e. The number of hydrogen-bond donors (Lipinski definition) is 3. The van der Waals surface area contributed by atoms with E-state index in [1.54, 1.807) is 20.8 Å². The number of ether oxygens (including phenoxy) is 1. The molecule has 0 fully saturated rings. The molecule has 156 valence electrons. The Morgan fingerprint density at radius 2 is 1.71 bits per heavy atom. The van der Waals surface area contributed by atoms with Crippen LogP contribution in [0.5, 0.6) is 0 Å². The second-order valence-electron chi connectivity index (χ2n) is 7.05. The number of carbonyl (C=O) groups excluding carboxylic acids is 2.